The normalized spacial score (nSPS) is 25.9. The van der Waals surface area contributed by atoms with Crippen LogP contribution in [0.25, 0.3) is 0 Å². The van der Waals surface area contributed by atoms with E-state index in [1.807, 2.05) is 19.1 Å². The maximum Gasteiger partial charge on any atom is 0.307 e. The van der Waals surface area contributed by atoms with Crippen molar-refractivity contribution in [3.63, 3.8) is 0 Å². The van der Waals surface area contributed by atoms with Gasteiger partial charge in [0.15, 0.2) is 0 Å². The van der Waals surface area contributed by atoms with Gasteiger partial charge >= 0.3 is 5.97 Å². The number of carboxylic acids is 1. The van der Waals surface area contributed by atoms with Crippen LogP contribution in [-0.4, -0.2) is 36.3 Å². The van der Waals surface area contributed by atoms with Gasteiger partial charge in [-0.1, -0.05) is 6.07 Å². The van der Waals surface area contributed by atoms with Gasteiger partial charge in [-0.05, 0) is 43.9 Å². The van der Waals surface area contributed by atoms with Gasteiger partial charge in [0.05, 0.1) is 23.6 Å². The Morgan fingerprint density at radius 2 is 2.22 bits per heavy atom. The van der Waals surface area contributed by atoms with Crippen molar-refractivity contribution in [2.75, 3.05) is 18.5 Å². The number of ether oxygens (including phenoxy) is 2. The molecule has 6 nitrogen and oxygen atoms in total. The number of carbonyl (C=O) groups is 2. The largest absolute Gasteiger partial charge is 0.489 e. The molecule has 1 aromatic rings. The number of rotatable bonds is 6. The fraction of sp³-hybridized carbons (Fsp3) is 0.529. The van der Waals surface area contributed by atoms with Gasteiger partial charge in [0.2, 0.25) is 5.91 Å². The maximum absolute atomic E-state index is 12.1. The third kappa shape index (κ3) is 3.82. The van der Waals surface area contributed by atoms with E-state index in [9.17, 15) is 9.59 Å². The van der Waals surface area contributed by atoms with Gasteiger partial charge in [-0.25, -0.2) is 0 Å². The molecule has 1 saturated carbocycles. The topological polar surface area (TPSA) is 84.9 Å². The SMILES string of the molecule is Cc1ccc(NC(=O)C2CC2C(=O)O)c(OCC2CCCO2)c1. The molecule has 1 aliphatic carbocycles. The van der Waals surface area contributed by atoms with Gasteiger partial charge < -0.3 is 19.9 Å². The lowest BCUT2D eigenvalue weighted by Crippen LogP contribution is -2.19. The summed E-state index contributed by atoms with van der Waals surface area (Å²) in [4.78, 5) is 23.0. The molecule has 1 heterocycles. The third-order valence-corrected chi connectivity index (χ3v) is 4.29. The van der Waals surface area contributed by atoms with Gasteiger partial charge in [-0.15, -0.1) is 0 Å². The molecule has 2 N–H and O–H groups in total. The van der Waals surface area contributed by atoms with E-state index in [0.717, 1.165) is 25.0 Å². The van der Waals surface area contributed by atoms with Gasteiger partial charge in [0.1, 0.15) is 12.4 Å². The van der Waals surface area contributed by atoms with Gasteiger partial charge in [-0.3, -0.25) is 9.59 Å². The zero-order valence-corrected chi connectivity index (χ0v) is 13.1. The molecule has 124 valence electrons. The van der Waals surface area contributed by atoms with Crippen LogP contribution in [0.5, 0.6) is 5.75 Å². The number of hydrogen-bond acceptors (Lipinski definition) is 4. The molecule has 6 heteroatoms. The molecule has 3 atom stereocenters. The van der Waals surface area contributed by atoms with E-state index in [0.29, 0.717) is 24.5 Å². The molecule has 23 heavy (non-hydrogen) atoms. The lowest BCUT2D eigenvalue weighted by molar-refractivity contribution is -0.139. The fourth-order valence-corrected chi connectivity index (χ4v) is 2.79. The van der Waals surface area contributed by atoms with Crippen LogP contribution < -0.4 is 10.1 Å². The number of benzene rings is 1. The molecule has 1 aliphatic heterocycles. The van der Waals surface area contributed by atoms with Gasteiger partial charge in [-0.2, -0.15) is 0 Å². The minimum atomic E-state index is -0.913. The number of anilines is 1. The zero-order valence-electron chi connectivity index (χ0n) is 13.1. The average molecular weight is 319 g/mol. The Morgan fingerprint density at radius 1 is 1.39 bits per heavy atom. The summed E-state index contributed by atoms with van der Waals surface area (Å²) in [6.45, 7) is 3.17. The highest BCUT2D eigenvalue weighted by Crippen LogP contribution is 2.40. The summed E-state index contributed by atoms with van der Waals surface area (Å²) in [5.41, 5.74) is 1.61. The van der Waals surface area contributed by atoms with Crippen molar-refractivity contribution < 1.29 is 24.2 Å². The standard InChI is InChI=1S/C17H21NO5/c1-10-4-5-14(18-16(19)12-8-13(12)17(20)21)15(7-10)23-9-11-3-2-6-22-11/h4-5,7,11-13H,2-3,6,8-9H2,1H3,(H,18,19)(H,20,21). The number of aliphatic carboxylic acids is 1. The van der Waals surface area contributed by atoms with E-state index < -0.39 is 17.8 Å². The minimum absolute atomic E-state index is 0.0962. The molecule has 1 aromatic carbocycles. The van der Waals surface area contributed by atoms with Gasteiger partial charge in [0, 0.05) is 6.61 Å². The number of nitrogens with one attached hydrogen (secondary N) is 1. The molecule has 0 radical (unpaired) electrons. The predicted octanol–water partition coefficient (Wildman–Crippen LogP) is 2.21. The lowest BCUT2D eigenvalue weighted by Gasteiger charge is -2.16. The van der Waals surface area contributed by atoms with Crippen molar-refractivity contribution in [3.05, 3.63) is 23.8 Å². The first-order chi connectivity index (χ1) is 11.0. The van der Waals surface area contributed by atoms with E-state index in [-0.39, 0.29) is 12.0 Å². The first kappa shape index (κ1) is 15.8. The Hall–Kier alpha value is -2.08. The van der Waals surface area contributed by atoms with Crippen molar-refractivity contribution in [1.82, 2.24) is 0 Å². The molecule has 3 rings (SSSR count). The van der Waals surface area contributed by atoms with Crippen LogP contribution in [0.15, 0.2) is 18.2 Å². The Balaban J connectivity index is 1.64. The van der Waals surface area contributed by atoms with Crippen molar-refractivity contribution in [2.24, 2.45) is 11.8 Å². The highest BCUT2D eigenvalue weighted by molar-refractivity contribution is 5.99. The molecule has 1 amide bonds. The second-order valence-corrected chi connectivity index (χ2v) is 6.22. The van der Waals surface area contributed by atoms with Crippen LogP contribution in [-0.2, 0) is 14.3 Å². The van der Waals surface area contributed by atoms with E-state index in [4.69, 9.17) is 14.6 Å². The molecule has 2 fully saturated rings. The van der Waals surface area contributed by atoms with Crippen molar-refractivity contribution in [1.29, 1.82) is 0 Å². The van der Waals surface area contributed by atoms with Crippen LogP contribution in [0.1, 0.15) is 24.8 Å². The smallest absolute Gasteiger partial charge is 0.307 e. The van der Waals surface area contributed by atoms with Crippen molar-refractivity contribution in [2.45, 2.75) is 32.3 Å². The summed E-state index contributed by atoms with van der Waals surface area (Å²) >= 11 is 0. The molecular weight excluding hydrogens is 298 g/mol. The van der Waals surface area contributed by atoms with Crippen LogP contribution in [0.2, 0.25) is 0 Å². The Labute approximate surface area is 134 Å². The lowest BCUT2D eigenvalue weighted by atomic mass is 10.2. The number of aryl methyl sites for hydroxylation is 1. The van der Waals surface area contributed by atoms with Crippen LogP contribution >= 0.6 is 0 Å². The second kappa shape index (κ2) is 6.58. The van der Waals surface area contributed by atoms with E-state index in [1.54, 1.807) is 6.07 Å². The van der Waals surface area contributed by atoms with Crippen molar-refractivity contribution in [3.8, 4) is 5.75 Å². The van der Waals surface area contributed by atoms with E-state index >= 15 is 0 Å². The fourth-order valence-electron chi connectivity index (χ4n) is 2.79. The first-order valence-corrected chi connectivity index (χ1v) is 7.93. The van der Waals surface area contributed by atoms with Crippen LogP contribution in [0.4, 0.5) is 5.69 Å². The summed E-state index contributed by atoms with van der Waals surface area (Å²) in [5.74, 6) is -1.58. The zero-order chi connectivity index (χ0) is 16.4. The summed E-state index contributed by atoms with van der Waals surface area (Å²) in [6.07, 6.45) is 2.53. The number of hydrogen-bond donors (Lipinski definition) is 2. The Bertz CT molecular complexity index is 609. The summed E-state index contributed by atoms with van der Waals surface area (Å²) in [6, 6.07) is 5.54. The molecular formula is C17H21NO5. The Kier molecular flexibility index (Phi) is 4.52. The molecule has 0 aromatic heterocycles. The summed E-state index contributed by atoms with van der Waals surface area (Å²) in [5, 5.41) is 11.7. The van der Waals surface area contributed by atoms with Crippen LogP contribution in [0, 0.1) is 18.8 Å². The third-order valence-electron chi connectivity index (χ3n) is 4.29. The molecule has 3 unspecified atom stereocenters. The van der Waals surface area contributed by atoms with Crippen LogP contribution in [0.3, 0.4) is 0 Å². The predicted molar refractivity (Wildman–Crippen MR) is 83.5 cm³/mol. The number of carbonyl (C=O) groups excluding carboxylic acids is 1. The second-order valence-electron chi connectivity index (χ2n) is 6.22. The molecule has 1 saturated heterocycles. The van der Waals surface area contributed by atoms with Gasteiger partial charge in [0.25, 0.3) is 0 Å². The van der Waals surface area contributed by atoms with E-state index in [2.05, 4.69) is 5.32 Å². The maximum atomic E-state index is 12.1. The minimum Gasteiger partial charge on any atom is -0.489 e. The van der Waals surface area contributed by atoms with E-state index in [1.165, 1.54) is 0 Å². The number of carboxylic acid groups (broad SMARTS) is 1. The highest BCUT2D eigenvalue weighted by atomic mass is 16.5. The summed E-state index contributed by atoms with van der Waals surface area (Å²) in [7, 11) is 0. The average Bonchev–Trinajstić information content (AvgIpc) is 3.17. The Morgan fingerprint density at radius 3 is 2.87 bits per heavy atom. The molecule has 2 aliphatic rings. The molecule has 0 spiro atoms. The quantitative estimate of drug-likeness (QED) is 0.840. The molecule has 0 bridgehead atoms. The van der Waals surface area contributed by atoms with Crippen molar-refractivity contribution >= 4 is 17.6 Å². The highest BCUT2D eigenvalue weighted by Gasteiger charge is 2.48. The first-order valence-electron chi connectivity index (χ1n) is 7.93. The monoisotopic (exact) mass is 319 g/mol. The summed E-state index contributed by atoms with van der Waals surface area (Å²) < 4.78 is 11.4. The number of amides is 1.